The zero-order valence-electron chi connectivity index (χ0n) is 11.8. The van der Waals surface area contributed by atoms with Gasteiger partial charge in [0.25, 0.3) is 11.6 Å². The molecule has 1 atom stereocenters. The van der Waals surface area contributed by atoms with Crippen LogP contribution in [0, 0.1) is 16.0 Å². The third-order valence-corrected chi connectivity index (χ3v) is 3.68. The molecule has 2 N–H and O–H groups in total. The summed E-state index contributed by atoms with van der Waals surface area (Å²) in [6.45, 7) is 2.69. The first-order valence-electron chi connectivity index (χ1n) is 6.23. The van der Waals surface area contributed by atoms with E-state index in [1.165, 1.54) is 25.2 Å². The van der Waals surface area contributed by atoms with Crippen molar-refractivity contribution in [1.82, 2.24) is 5.32 Å². The predicted molar refractivity (Wildman–Crippen MR) is 82.5 cm³/mol. The van der Waals surface area contributed by atoms with E-state index in [0.717, 1.165) is 5.75 Å². The summed E-state index contributed by atoms with van der Waals surface area (Å²) in [6.07, 6.45) is 2.02. The number of nitro benzene ring substituents is 1. The average Bonchev–Trinajstić information content (AvgIpc) is 2.44. The van der Waals surface area contributed by atoms with Crippen molar-refractivity contribution in [3.05, 3.63) is 33.9 Å². The molecule has 1 rings (SSSR count). The Labute approximate surface area is 122 Å². The summed E-state index contributed by atoms with van der Waals surface area (Å²) in [5.41, 5.74) is 0.760. The molecule has 1 unspecified atom stereocenters. The van der Waals surface area contributed by atoms with Gasteiger partial charge in [0.2, 0.25) is 0 Å². The van der Waals surface area contributed by atoms with Crippen molar-refractivity contribution in [2.45, 2.75) is 6.92 Å². The van der Waals surface area contributed by atoms with E-state index in [1.54, 1.807) is 11.8 Å². The minimum Gasteiger partial charge on any atom is -0.379 e. The first-order valence-corrected chi connectivity index (χ1v) is 7.62. The fourth-order valence-electron chi connectivity index (χ4n) is 1.75. The lowest BCUT2D eigenvalue weighted by molar-refractivity contribution is -0.384. The third kappa shape index (κ3) is 4.41. The van der Waals surface area contributed by atoms with Gasteiger partial charge in [-0.15, -0.1) is 0 Å². The van der Waals surface area contributed by atoms with Gasteiger partial charge in [-0.1, -0.05) is 6.92 Å². The van der Waals surface area contributed by atoms with E-state index in [1.807, 2.05) is 6.26 Å². The van der Waals surface area contributed by atoms with Gasteiger partial charge < -0.3 is 10.6 Å². The summed E-state index contributed by atoms with van der Waals surface area (Å²) in [4.78, 5) is 22.1. The molecule has 0 aliphatic heterocycles. The zero-order valence-corrected chi connectivity index (χ0v) is 12.6. The quantitative estimate of drug-likeness (QED) is 0.596. The maximum absolute atomic E-state index is 11.6. The lowest BCUT2D eigenvalue weighted by atomic mass is 10.1. The summed E-state index contributed by atoms with van der Waals surface area (Å²) >= 11 is 1.73. The first kappa shape index (κ1) is 16.3. The molecule has 0 fully saturated rings. The number of carbonyl (C=O) groups excluding carboxylic acids is 1. The molecule has 0 bridgehead atoms. The Hall–Kier alpha value is -1.76. The first-order chi connectivity index (χ1) is 9.49. The van der Waals surface area contributed by atoms with E-state index in [9.17, 15) is 14.9 Å². The van der Waals surface area contributed by atoms with Gasteiger partial charge in [-0.2, -0.15) is 11.8 Å². The number of nitro groups is 1. The summed E-state index contributed by atoms with van der Waals surface area (Å²) in [6, 6.07) is 4.32. The number of benzene rings is 1. The Morgan fingerprint density at radius 3 is 2.75 bits per heavy atom. The molecule has 0 aliphatic carbocycles. The Balaban J connectivity index is 2.94. The zero-order chi connectivity index (χ0) is 15.1. The molecule has 7 heteroatoms. The maximum Gasteiger partial charge on any atom is 0.292 e. The molecular weight excluding hydrogens is 278 g/mol. The van der Waals surface area contributed by atoms with Gasteiger partial charge in [0.05, 0.1) is 4.92 Å². The number of anilines is 1. The molecule has 0 saturated heterocycles. The van der Waals surface area contributed by atoms with Crippen LogP contribution in [0.2, 0.25) is 0 Å². The number of hydrogen-bond donors (Lipinski definition) is 2. The predicted octanol–water partition coefficient (Wildman–Crippen LogP) is 2.37. The van der Waals surface area contributed by atoms with Crippen LogP contribution in [0.4, 0.5) is 11.4 Å². The third-order valence-electron chi connectivity index (χ3n) is 2.77. The normalized spacial score (nSPS) is 11.8. The molecule has 110 valence electrons. The molecule has 0 heterocycles. The van der Waals surface area contributed by atoms with Crippen LogP contribution in [0.5, 0.6) is 0 Å². The second-order valence-electron chi connectivity index (χ2n) is 4.51. The number of rotatable bonds is 7. The molecule has 1 aromatic rings. The molecule has 1 amide bonds. The largest absolute Gasteiger partial charge is 0.379 e. The topological polar surface area (TPSA) is 84.3 Å². The van der Waals surface area contributed by atoms with Gasteiger partial charge >= 0.3 is 0 Å². The average molecular weight is 297 g/mol. The maximum atomic E-state index is 11.6. The van der Waals surface area contributed by atoms with Crippen molar-refractivity contribution in [3.63, 3.8) is 0 Å². The summed E-state index contributed by atoms with van der Waals surface area (Å²) in [7, 11) is 1.53. The highest BCUT2D eigenvalue weighted by molar-refractivity contribution is 7.98. The van der Waals surface area contributed by atoms with Gasteiger partial charge in [0.1, 0.15) is 5.69 Å². The second kappa shape index (κ2) is 7.74. The molecule has 20 heavy (non-hydrogen) atoms. The van der Waals surface area contributed by atoms with E-state index in [-0.39, 0.29) is 11.6 Å². The van der Waals surface area contributed by atoms with Crippen molar-refractivity contribution >= 4 is 29.0 Å². The molecule has 0 aromatic heterocycles. The van der Waals surface area contributed by atoms with Crippen LogP contribution >= 0.6 is 11.8 Å². The van der Waals surface area contributed by atoms with Crippen LogP contribution < -0.4 is 10.6 Å². The molecule has 0 saturated carbocycles. The van der Waals surface area contributed by atoms with Crippen molar-refractivity contribution in [2.24, 2.45) is 5.92 Å². The number of nitrogens with one attached hydrogen (secondary N) is 2. The fourth-order valence-corrected chi connectivity index (χ4v) is 2.44. The van der Waals surface area contributed by atoms with Gasteiger partial charge in [0, 0.05) is 25.2 Å². The van der Waals surface area contributed by atoms with Crippen molar-refractivity contribution in [2.75, 3.05) is 30.9 Å². The second-order valence-corrected chi connectivity index (χ2v) is 5.42. The minimum atomic E-state index is -0.449. The van der Waals surface area contributed by atoms with E-state index in [0.29, 0.717) is 23.7 Å². The SMILES string of the molecule is CNC(=O)c1ccc([N+](=O)[O-])c(NCC(C)CSC)c1. The molecule has 0 spiro atoms. The number of amides is 1. The smallest absolute Gasteiger partial charge is 0.292 e. The fraction of sp³-hybridized carbons (Fsp3) is 0.462. The highest BCUT2D eigenvalue weighted by atomic mass is 32.2. The van der Waals surface area contributed by atoms with Gasteiger partial charge in [-0.05, 0) is 30.1 Å². The van der Waals surface area contributed by atoms with E-state index in [4.69, 9.17) is 0 Å². The number of carbonyl (C=O) groups is 1. The highest BCUT2D eigenvalue weighted by Crippen LogP contribution is 2.26. The number of nitrogens with zero attached hydrogens (tertiary/aromatic N) is 1. The number of hydrogen-bond acceptors (Lipinski definition) is 5. The molecule has 0 radical (unpaired) electrons. The summed E-state index contributed by atoms with van der Waals surface area (Å²) < 4.78 is 0. The van der Waals surface area contributed by atoms with Crippen LogP contribution in [-0.4, -0.2) is 36.4 Å². The van der Waals surface area contributed by atoms with Crippen LogP contribution in [-0.2, 0) is 0 Å². The van der Waals surface area contributed by atoms with Gasteiger partial charge in [0.15, 0.2) is 0 Å². The lowest BCUT2D eigenvalue weighted by Crippen LogP contribution is -2.19. The molecule has 6 nitrogen and oxygen atoms in total. The Bertz CT molecular complexity index is 494. The monoisotopic (exact) mass is 297 g/mol. The highest BCUT2D eigenvalue weighted by Gasteiger charge is 2.16. The van der Waals surface area contributed by atoms with Crippen molar-refractivity contribution < 1.29 is 9.72 Å². The Morgan fingerprint density at radius 1 is 1.50 bits per heavy atom. The van der Waals surface area contributed by atoms with E-state index < -0.39 is 4.92 Å². The summed E-state index contributed by atoms with van der Waals surface area (Å²) in [5, 5.41) is 16.6. The van der Waals surface area contributed by atoms with Crippen LogP contribution in [0.15, 0.2) is 18.2 Å². The van der Waals surface area contributed by atoms with Crippen LogP contribution in [0.1, 0.15) is 17.3 Å². The standard InChI is InChI=1S/C13H19N3O3S/c1-9(8-20-3)7-15-11-6-10(13(17)14-2)4-5-12(11)16(18)19/h4-6,9,15H,7-8H2,1-3H3,(H,14,17). The van der Waals surface area contributed by atoms with Crippen molar-refractivity contribution in [1.29, 1.82) is 0 Å². The van der Waals surface area contributed by atoms with E-state index >= 15 is 0 Å². The van der Waals surface area contributed by atoms with Crippen LogP contribution in [0.25, 0.3) is 0 Å². The summed E-state index contributed by atoms with van der Waals surface area (Å²) in [5.74, 6) is 1.09. The van der Waals surface area contributed by atoms with Crippen molar-refractivity contribution in [3.8, 4) is 0 Å². The van der Waals surface area contributed by atoms with Gasteiger partial charge in [-0.25, -0.2) is 0 Å². The Morgan fingerprint density at radius 2 is 2.20 bits per heavy atom. The minimum absolute atomic E-state index is 0.0194. The van der Waals surface area contributed by atoms with E-state index in [2.05, 4.69) is 17.6 Å². The molecule has 1 aromatic carbocycles. The van der Waals surface area contributed by atoms with Gasteiger partial charge in [-0.3, -0.25) is 14.9 Å². The lowest BCUT2D eigenvalue weighted by Gasteiger charge is -2.13. The number of thioether (sulfide) groups is 1. The molecule has 0 aliphatic rings. The Kier molecular flexibility index (Phi) is 6.30. The van der Waals surface area contributed by atoms with Crippen LogP contribution in [0.3, 0.4) is 0 Å². The molecular formula is C13H19N3O3S.